The van der Waals surface area contributed by atoms with Crippen LogP contribution in [0.1, 0.15) is 46.1 Å². The van der Waals surface area contributed by atoms with Gasteiger partial charge in [-0.3, -0.25) is 0 Å². The quantitative estimate of drug-likeness (QED) is 0.206. The maximum absolute atomic E-state index is 14.8. The number of fused-ring (bicyclic) bond motifs is 2. The van der Waals surface area contributed by atoms with E-state index in [2.05, 4.69) is 27.4 Å². The van der Waals surface area contributed by atoms with Gasteiger partial charge in [0.2, 0.25) is 0 Å². The molecule has 0 aliphatic carbocycles. The molecule has 1 fully saturated rings. The van der Waals surface area contributed by atoms with Crippen LogP contribution in [0.25, 0.3) is 16.6 Å². The molecule has 3 atom stereocenters. The number of amides is 2. The summed E-state index contributed by atoms with van der Waals surface area (Å²) in [7, 11) is 0. The van der Waals surface area contributed by atoms with Gasteiger partial charge in [0.1, 0.15) is 0 Å². The summed E-state index contributed by atoms with van der Waals surface area (Å²) < 4.78 is 7.09. The number of carbonyl (C=O) groups is 2. The molecule has 7 nitrogen and oxygen atoms in total. The van der Waals surface area contributed by atoms with Crippen molar-refractivity contribution < 1.29 is 33.7 Å². The van der Waals surface area contributed by atoms with E-state index in [4.69, 9.17) is 4.74 Å². The molecule has 1 aromatic heterocycles. The Kier molecular flexibility index (Phi) is 7.69. The first-order chi connectivity index (χ1) is 21.6. The molecule has 2 amide bonds. The van der Waals surface area contributed by atoms with Crippen molar-refractivity contribution in [2.45, 2.75) is 25.0 Å². The summed E-state index contributed by atoms with van der Waals surface area (Å²) in [4.78, 5) is 31.9. The van der Waals surface area contributed by atoms with Gasteiger partial charge in [-0.15, -0.1) is 0 Å². The van der Waals surface area contributed by atoms with Crippen LogP contribution in [-0.4, -0.2) is 43.5 Å². The average Bonchev–Trinajstić information content (AvgIpc) is 3.72. The van der Waals surface area contributed by atoms with Crippen molar-refractivity contribution in [2.75, 3.05) is 6.61 Å². The second kappa shape index (κ2) is 11.9. The van der Waals surface area contributed by atoms with Gasteiger partial charge in [0.05, 0.1) is 0 Å². The number of hydrogen-bond donors (Lipinski definition) is 2. The van der Waals surface area contributed by atoms with Gasteiger partial charge in [-0.05, 0) is 0 Å². The maximum atomic E-state index is 14.8. The molecule has 44 heavy (non-hydrogen) atoms. The number of para-hydroxylation sites is 1. The number of rotatable bonds is 8. The zero-order valence-electron chi connectivity index (χ0n) is 24.0. The molecule has 218 valence electrons. The second-order valence-corrected chi connectivity index (χ2v) is 12.1. The summed E-state index contributed by atoms with van der Waals surface area (Å²) in [6, 6.07) is 35.5. The van der Waals surface area contributed by atoms with E-state index in [9.17, 15) is 9.59 Å². The summed E-state index contributed by atoms with van der Waals surface area (Å²) >= 11 is 1.18. The molecule has 1 unspecified atom stereocenters. The Morgan fingerprint density at radius 2 is 1.52 bits per heavy atom. The van der Waals surface area contributed by atoms with E-state index in [1.807, 2.05) is 104 Å². The summed E-state index contributed by atoms with van der Waals surface area (Å²) in [5.74, 6) is -0.482. The first kappa shape index (κ1) is 28.4. The predicted octanol–water partition coefficient (Wildman–Crippen LogP) is 5.95. The zero-order valence-corrected chi connectivity index (χ0v) is 26.9. The van der Waals surface area contributed by atoms with Gasteiger partial charge < -0.3 is 0 Å². The van der Waals surface area contributed by atoms with E-state index in [1.165, 1.54) is 19.4 Å². The van der Waals surface area contributed by atoms with Crippen LogP contribution < -0.4 is 5.32 Å². The van der Waals surface area contributed by atoms with E-state index >= 15 is 0 Å². The molecule has 0 saturated carbocycles. The Morgan fingerprint density at radius 3 is 2.23 bits per heavy atom. The molecule has 0 bridgehead atoms. The molecule has 3 heterocycles. The molecular weight excluding hydrogens is 720 g/mol. The van der Waals surface area contributed by atoms with Crippen molar-refractivity contribution in [1.29, 1.82) is 0 Å². The number of ether oxygens (including phenoxy) is 1. The summed E-state index contributed by atoms with van der Waals surface area (Å²) in [6.45, 7) is 2.49. The fraction of sp³-hybridized carbons (Fsp3) is 0.139. The Hall–Kier alpha value is -4.42. The zero-order chi connectivity index (χ0) is 30.2. The monoisotopic (exact) mass is 750 g/mol. The second-order valence-electron chi connectivity index (χ2n) is 10.7. The van der Waals surface area contributed by atoms with Crippen molar-refractivity contribution in [3.8, 4) is 0 Å². The molecule has 4 aromatic carbocycles. The van der Waals surface area contributed by atoms with Crippen molar-refractivity contribution in [3.05, 3.63) is 149 Å². The van der Waals surface area contributed by atoms with Crippen molar-refractivity contribution in [3.63, 3.8) is 0 Å². The van der Waals surface area contributed by atoms with Gasteiger partial charge in [-0.25, -0.2) is 0 Å². The van der Waals surface area contributed by atoms with Crippen LogP contribution in [0.2, 0.25) is 0 Å². The van der Waals surface area contributed by atoms with E-state index < -0.39 is 12.1 Å². The molecule has 1 saturated heterocycles. The van der Waals surface area contributed by atoms with E-state index in [1.54, 1.807) is 17.1 Å². The number of H-pyrrole nitrogens is 1. The number of hydrogen-bond acceptors (Lipinski definition) is 4. The van der Waals surface area contributed by atoms with Gasteiger partial charge in [0.15, 0.2) is 0 Å². The van der Waals surface area contributed by atoms with Crippen molar-refractivity contribution in [1.82, 2.24) is 20.3 Å². The van der Waals surface area contributed by atoms with Crippen LogP contribution in [0, 0.1) is 0 Å². The number of benzene rings is 4. The normalized spacial score (nSPS) is 19.9. The topological polar surface area (TPSA) is 77.7 Å². The Morgan fingerprint density at radius 1 is 0.886 bits per heavy atom. The minimum atomic E-state index is -0.835. The van der Waals surface area contributed by atoms with Crippen LogP contribution in [0.15, 0.2) is 127 Å². The Labute approximate surface area is 266 Å². The molecule has 5 aromatic rings. The SMILES string of the molecule is CCO[C](=[W])C1=C(c2ccccc2)N2C(=O)C(NC(=O)c3ccccc3)[C@@H](c3ccccc3)N2[C@H]1c1c[nH]c2ccccc12. The number of carbonyl (C=O) groups excluding carboxylic acids is 2. The van der Waals surface area contributed by atoms with Gasteiger partial charge in [0.25, 0.3) is 0 Å². The summed E-state index contributed by atoms with van der Waals surface area (Å²) in [5.41, 5.74) is 6.13. The molecule has 8 heteroatoms. The van der Waals surface area contributed by atoms with Crippen molar-refractivity contribution in [2.24, 2.45) is 0 Å². The third-order valence-corrected chi connectivity index (χ3v) is 9.45. The van der Waals surface area contributed by atoms with Crippen LogP contribution in [0.4, 0.5) is 0 Å². The average molecular weight is 751 g/mol. The third-order valence-electron chi connectivity index (χ3n) is 8.23. The van der Waals surface area contributed by atoms with Crippen LogP contribution >= 0.6 is 0 Å². The first-order valence-electron chi connectivity index (χ1n) is 14.6. The molecule has 2 N–H and O–H groups in total. The predicted molar refractivity (Wildman–Crippen MR) is 167 cm³/mol. The Bertz CT molecular complexity index is 1890. The number of hydrazine groups is 1. The summed E-state index contributed by atoms with van der Waals surface area (Å²) in [6.07, 6.45) is 2.04. The molecule has 0 spiro atoms. The number of aromatic amines is 1. The molecular formula is C36H30N4O3W. The standard InChI is InChI=1S/C36H30N4O3.W/c1-2-43-23-29-32(24-14-6-3-7-15-24)40-36(42)31(38-35(41)26-18-10-5-11-19-26)33(25-16-8-4-9-17-25)39(40)34(29)28-22-37-30-21-13-12-20-27(28)30;/h3-22,31,33-34,37H,2H2,1H3,(H,38,41);/t31?,33-,34+;/m1./s1. The third kappa shape index (κ3) is 4.78. The number of aromatic nitrogens is 1. The minimum absolute atomic E-state index is 0.193. The van der Waals surface area contributed by atoms with Crippen LogP contribution in [-0.2, 0) is 28.9 Å². The van der Waals surface area contributed by atoms with Crippen LogP contribution in [0.5, 0.6) is 0 Å². The van der Waals surface area contributed by atoms with E-state index in [0.29, 0.717) is 12.2 Å². The van der Waals surface area contributed by atoms with E-state index in [-0.39, 0.29) is 17.9 Å². The van der Waals surface area contributed by atoms with E-state index in [0.717, 1.165) is 42.9 Å². The molecule has 2 aliphatic rings. The fourth-order valence-corrected chi connectivity index (χ4v) is 7.57. The van der Waals surface area contributed by atoms with Crippen LogP contribution in [0.3, 0.4) is 0 Å². The number of nitrogens with zero attached hydrogens (tertiary/aromatic N) is 2. The van der Waals surface area contributed by atoms with Gasteiger partial charge >= 0.3 is 267 Å². The summed E-state index contributed by atoms with van der Waals surface area (Å²) in [5, 5.41) is 8.15. The molecule has 2 aliphatic heterocycles. The number of nitrogens with one attached hydrogen (secondary N) is 2. The van der Waals surface area contributed by atoms with Gasteiger partial charge in [0, 0.05) is 0 Å². The van der Waals surface area contributed by atoms with Crippen molar-refractivity contribution >= 4 is 32.5 Å². The molecule has 0 radical (unpaired) electrons. The first-order valence-corrected chi connectivity index (χ1v) is 16.1. The Balaban J connectivity index is 1.48. The molecule has 7 rings (SSSR count). The van der Waals surface area contributed by atoms with Gasteiger partial charge in [-0.1, -0.05) is 0 Å². The van der Waals surface area contributed by atoms with Gasteiger partial charge in [-0.2, -0.15) is 0 Å². The fourth-order valence-electron chi connectivity index (χ4n) is 6.39.